The lowest BCUT2D eigenvalue weighted by Crippen LogP contribution is -2.06. The molecule has 102 valence electrons. The zero-order valence-electron chi connectivity index (χ0n) is 8.73. The van der Waals surface area contributed by atoms with Crippen LogP contribution in [0.2, 0.25) is 0 Å². The van der Waals surface area contributed by atoms with Crippen molar-refractivity contribution in [3.63, 3.8) is 0 Å². The molecule has 0 N–H and O–H groups in total. The first kappa shape index (κ1) is 14.1. The van der Waals surface area contributed by atoms with Crippen LogP contribution in [-0.2, 0) is 5.33 Å². The molecule has 2 aromatic rings. The van der Waals surface area contributed by atoms with Gasteiger partial charge in [-0.1, -0.05) is 15.9 Å². The number of hydrogen-bond acceptors (Lipinski definition) is 0. The molecular formula is C11H2BrF7. The van der Waals surface area contributed by atoms with Gasteiger partial charge in [-0.2, -0.15) is 0 Å². The number of halogens is 8. The van der Waals surface area contributed by atoms with Gasteiger partial charge < -0.3 is 0 Å². The highest BCUT2D eigenvalue weighted by Gasteiger charge is 2.29. The molecule has 0 saturated heterocycles. The molecular weight excluding hydrogens is 345 g/mol. The SMILES string of the molecule is Fc1c(F)c(F)c2c(F)c(CBr)c(F)c(F)c2c1F. The van der Waals surface area contributed by atoms with E-state index in [1.165, 1.54) is 0 Å². The van der Waals surface area contributed by atoms with Crippen LogP contribution >= 0.6 is 15.9 Å². The number of rotatable bonds is 1. The quantitative estimate of drug-likeness (QED) is 0.303. The van der Waals surface area contributed by atoms with Crippen LogP contribution in [0.15, 0.2) is 0 Å². The van der Waals surface area contributed by atoms with E-state index in [4.69, 9.17) is 0 Å². The lowest BCUT2D eigenvalue weighted by atomic mass is 10.0. The van der Waals surface area contributed by atoms with Crippen molar-refractivity contribution < 1.29 is 30.7 Å². The Morgan fingerprint density at radius 3 is 1.32 bits per heavy atom. The molecule has 0 unspecified atom stereocenters. The number of alkyl halides is 1. The molecule has 0 amide bonds. The summed E-state index contributed by atoms with van der Waals surface area (Å²) in [5, 5.41) is -3.63. The van der Waals surface area contributed by atoms with Crippen LogP contribution in [0.5, 0.6) is 0 Å². The van der Waals surface area contributed by atoms with E-state index in [2.05, 4.69) is 15.9 Å². The normalized spacial score (nSPS) is 11.4. The Bertz CT molecular complexity index is 696. The molecule has 0 spiro atoms. The summed E-state index contributed by atoms with van der Waals surface area (Å²) in [5.74, 6) is -14.4. The van der Waals surface area contributed by atoms with E-state index in [0.29, 0.717) is 0 Å². The van der Waals surface area contributed by atoms with E-state index in [-0.39, 0.29) is 0 Å². The Labute approximate surface area is 110 Å². The van der Waals surface area contributed by atoms with Crippen LogP contribution in [0, 0.1) is 40.7 Å². The molecule has 0 bridgehead atoms. The molecule has 19 heavy (non-hydrogen) atoms. The first-order chi connectivity index (χ1) is 8.82. The molecule has 0 aliphatic rings. The smallest absolute Gasteiger partial charge is 0.198 e. The summed E-state index contributed by atoms with van der Waals surface area (Å²) in [6.45, 7) is 0. The second-order valence-corrected chi connectivity index (χ2v) is 4.12. The summed E-state index contributed by atoms with van der Waals surface area (Å²) in [6.07, 6.45) is 0. The Kier molecular flexibility index (Phi) is 3.46. The van der Waals surface area contributed by atoms with E-state index < -0.39 is 62.4 Å². The third-order valence-corrected chi connectivity index (χ3v) is 3.12. The minimum Gasteiger partial charge on any atom is -0.206 e. The zero-order chi connectivity index (χ0) is 14.5. The third kappa shape index (κ3) is 1.80. The maximum Gasteiger partial charge on any atom is 0.198 e. The Morgan fingerprint density at radius 1 is 0.526 bits per heavy atom. The van der Waals surface area contributed by atoms with Crippen molar-refractivity contribution in [3.05, 3.63) is 46.3 Å². The average molecular weight is 347 g/mol. The van der Waals surface area contributed by atoms with Gasteiger partial charge in [0.1, 0.15) is 5.82 Å². The van der Waals surface area contributed by atoms with Gasteiger partial charge in [0.2, 0.25) is 0 Å². The van der Waals surface area contributed by atoms with Crippen molar-refractivity contribution in [1.82, 2.24) is 0 Å². The largest absolute Gasteiger partial charge is 0.206 e. The first-order valence-corrected chi connectivity index (χ1v) is 5.82. The second-order valence-electron chi connectivity index (χ2n) is 3.56. The molecule has 0 nitrogen and oxygen atoms in total. The van der Waals surface area contributed by atoms with Crippen molar-refractivity contribution in [2.75, 3.05) is 0 Å². The van der Waals surface area contributed by atoms with E-state index in [1.54, 1.807) is 0 Å². The van der Waals surface area contributed by atoms with Gasteiger partial charge in [-0.15, -0.1) is 0 Å². The summed E-state index contributed by atoms with van der Waals surface area (Å²) in [7, 11) is 0. The summed E-state index contributed by atoms with van der Waals surface area (Å²) in [5.41, 5.74) is -0.950. The van der Waals surface area contributed by atoms with Crippen LogP contribution in [0.4, 0.5) is 30.7 Å². The predicted octanol–water partition coefficient (Wildman–Crippen LogP) is 4.71. The van der Waals surface area contributed by atoms with Crippen LogP contribution in [-0.4, -0.2) is 0 Å². The molecule has 0 aliphatic heterocycles. The topological polar surface area (TPSA) is 0 Å². The molecule has 0 aliphatic carbocycles. The Morgan fingerprint density at radius 2 is 0.895 bits per heavy atom. The Hall–Kier alpha value is -1.31. The van der Waals surface area contributed by atoms with E-state index in [0.717, 1.165) is 0 Å². The number of benzene rings is 2. The summed E-state index contributed by atoms with van der Waals surface area (Å²) >= 11 is 2.62. The Balaban J connectivity index is 3.18. The van der Waals surface area contributed by atoms with Crippen molar-refractivity contribution in [2.45, 2.75) is 5.33 Å². The van der Waals surface area contributed by atoms with Gasteiger partial charge in [0.15, 0.2) is 34.9 Å². The summed E-state index contributed by atoms with van der Waals surface area (Å²) in [6, 6.07) is 0. The van der Waals surface area contributed by atoms with Crippen molar-refractivity contribution in [1.29, 1.82) is 0 Å². The van der Waals surface area contributed by atoms with Crippen molar-refractivity contribution >= 4 is 26.7 Å². The minimum atomic E-state index is -2.34. The minimum absolute atomic E-state index is 0.558. The molecule has 0 heterocycles. The zero-order valence-corrected chi connectivity index (χ0v) is 10.3. The number of fused-ring (bicyclic) bond motifs is 1. The van der Waals surface area contributed by atoms with Gasteiger partial charge in [0, 0.05) is 10.9 Å². The van der Waals surface area contributed by atoms with E-state index in [9.17, 15) is 30.7 Å². The standard InChI is InChI=1S/C11H2BrF7/c12-1-2-5(13)3-4(7(15)6(2)14)9(17)11(19)10(18)8(3)16/h1H2. The van der Waals surface area contributed by atoms with Gasteiger partial charge in [-0.25, -0.2) is 30.7 Å². The van der Waals surface area contributed by atoms with Gasteiger partial charge >= 0.3 is 0 Å². The summed E-state index contributed by atoms with van der Waals surface area (Å²) in [4.78, 5) is 0. The van der Waals surface area contributed by atoms with Crippen molar-refractivity contribution in [2.24, 2.45) is 0 Å². The number of hydrogen-bond donors (Lipinski definition) is 0. The highest BCUT2D eigenvalue weighted by atomic mass is 79.9. The maximum atomic E-state index is 13.7. The third-order valence-electron chi connectivity index (χ3n) is 2.56. The second kappa shape index (κ2) is 4.66. The molecule has 2 aromatic carbocycles. The average Bonchev–Trinajstić information content (AvgIpc) is 2.38. The molecule has 0 radical (unpaired) electrons. The monoisotopic (exact) mass is 346 g/mol. The molecule has 0 fully saturated rings. The lowest BCUT2D eigenvalue weighted by molar-refractivity contribution is 0.411. The van der Waals surface area contributed by atoms with Crippen LogP contribution in [0.1, 0.15) is 5.56 Å². The fourth-order valence-corrected chi connectivity index (χ4v) is 2.14. The molecule has 2 rings (SSSR count). The van der Waals surface area contributed by atoms with Crippen molar-refractivity contribution in [3.8, 4) is 0 Å². The lowest BCUT2D eigenvalue weighted by Gasteiger charge is -2.10. The molecule has 0 aromatic heterocycles. The van der Waals surface area contributed by atoms with E-state index in [1.807, 2.05) is 0 Å². The molecule has 0 atom stereocenters. The first-order valence-electron chi connectivity index (χ1n) is 4.69. The van der Waals surface area contributed by atoms with Crippen LogP contribution in [0.3, 0.4) is 0 Å². The summed E-state index contributed by atoms with van der Waals surface area (Å²) < 4.78 is 93.3. The fraction of sp³-hybridized carbons (Fsp3) is 0.0909. The van der Waals surface area contributed by atoms with Gasteiger partial charge in [-0.3, -0.25) is 0 Å². The maximum absolute atomic E-state index is 13.7. The fourth-order valence-electron chi connectivity index (χ4n) is 1.65. The molecule has 8 heteroatoms. The highest BCUT2D eigenvalue weighted by Crippen LogP contribution is 2.34. The van der Waals surface area contributed by atoms with Gasteiger partial charge in [0.05, 0.1) is 10.8 Å². The van der Waals surface area contributed by atoms with Crippen LogP contribution in [0.25, 0.3) is 10.8 Å². The van der Waals surface area contributed by atoms with Crippen LogP contribution < -0.4 is 0 Å². The molecule has 0 saturated carbocycles. The highest BCUT2D eigenvalue weighted by molar-refractivity contribution is 9.08. The predicted molar refractivity (Wildman–Crippen MR) is 56.3 cm³/mol. The van der Waals surface area contributed by atoms with E-state index >= 15 is 0 Å². The van der Waals surface area contributed by atoms with Gasteiger partial charge in [-0.05, 0) is 0 Å². The van der Waals surface area contributed by atoms with Gasteiger partial charge in [0.25, 0.3) is 0 Å².